The molecule has 3 aromatic rings. The number of rotatable bonds is 7. The molecule has 0 radical (unpaired) electrons. The zero-order valence-corrected chi connectivity index (χ0v) is 17.5. The highest BCUT2D eigenvalue weighted by Gasteiger charge is 2.33. The Kier molecular flexibility index (Phi) is 7.04. The van der Waals surface area contributed by atoms with Crippen LogP contribution in [0, 0.1) is 0 Å². The number of benzene rings is 2. The second kappa shape index (κ2) is 9.90. The predicted octanol–water partition coefficient (Wildman–Crippen LogP) is 1.80. The van der Waals surface area contributed by atoms with Gasteiger partial charge in [0.05, 0.1) is 0 Å². The quantitative estimate of drug-likeness (QED) is 0.253. The number of nitrogens with one attached hydrogen (secondary N) is 2. The summed E-state index contributed by atoms with van der Waals surface area (Å²) in [5.74, 6) is -1.15. The fourth-order valence-corrected chi connectivity index (χ4v) is 3.24. The van der Waals surface area contributed by atoms with E-state index in [2.05, 4.69) is 5.32 Å². The van der Waals surface area contributed by atoms with E-state index in [4.69, 9.17) is 14.7 Å². The summed E-state index contributed by atoms with van der Waals surface area (Å²) < 4.78 is 5.53. The van der Waals surface area contributed by atoms with Crippen molar-refractivity contribution >= 4 is 17.7 Å². The predicted molar refractivity (Wildman–Crippen MR) is 115 cm³/mol. The number of nitrogens with zero attached hydrogens (tertiary/aromatic N) is 1. The van der Waals surface area contributed by atoms with Crippen molar-refractivity contribution in [1.82, 2.24) is 15.7 Å². The lowest BCUT2D eigenvalue weighted by atomic mass is 10.0. The molecule has 2 aromatic carbocycles. The van der Waals surface area contributed by atoms with Crippen LogP contribution in [-0.2, 0) is 16.2 Å². The maximum absolute atomic E-state index is 12.8. The summed E-state index contributed by atoms with van der Waals surface area (Å²) in [5, 5.41) is 20.3. The minimum atomic E-state index is -1.52. The fraction of sp³-hybridized carbons (Fsp3) is 0.174. The molecule has 0 saturated heterocycles. The summed E-state index contributed by atoms with van der Waals surface area (Å²) in [6.45, 7) is -0.160. The van der Waals surface area contributed by atoms with Crippen molar-refractivity contribution in [3.8, 4) is 22.5 Å². The summed E-state index contributed by atoms with van der Waals surface area (Å²) in [6.07, 6.45) is 0. The van der Waals surface area contributed by atoms with Gasteiger partial charge in [-0.05, 0) is 35.4 Å². The van der Waals surface area contributed by atoms with Crippen LogP contribution in [0.25, 0.3) is 22.5 Å². The molecule has 0 aliphatic heterocycles. The van der Waals surface area contributed by atoms with E-state index in [-0.39, 0.29) is 12.2 Å². The molecule has 0 bridgehead atoms. The van der Waals surface area contributed by atoms with Crippen LogP contribution in [0.5, 0.6) is 0 Å². The Balaban J connectivity index is 1.77. The summed E-state index contributed by atoms with van der Waals surface area (Å²) in [7, 11) is 2.64. The van der Waals surface area contributed by atoms with Gasteiger partial charge >= 0.3 is 0 Å². The maximum atomic E-state index is 12.8. The van der Waals surface area contributed by atoms with E-state index in [0.717, 1.165) is 21.6 Å². The molecule has 0 fully saturated rings. The number of hydrogen-bond acceptors (Lipinski definition) is 6. The Bertz CT molecular complexity index is 1090. The molecule has 3 rings (SSSR count). The van der Waals surface area contributed by atoms with Gasteiger partial charge in [-0.3, -0.25) is 19.6 Å². The van der Waals surface area contributed by atoms with E-state index in [9.17, 15) is 14.4 Å². The van der Waals surface area contributed by atoms with Gasteiger partial charge in [-0.25, -0.2) is 5.48 Å². The van der Waals surface area contributed by atoms with Gasteiger partial charge in [0.1, 0.15) is 18.1 Å². The van der Waals surface area contributed by atoms with Crippen LogP contribution in [0.3, 0.4) is 0 Å². The van der Waals surface area contributed by atoms with Crippen LogP contribution in [0.15, 0.2) is 65.1 Å². The number of aliphatic hydroxyl groups excluding tert-OH is 1. The van der Waals surface area contributed by atoms with Crippen molar-refractivity contribution in [3.05, 3.63) is 72.0 Å². The molecular weight excluding hydrogens is 414 g/mol. The van der Waals surface area contributed by atoms with E-state index in [1.165, 1.54) is 19.6 Å². The largest absolute Gasteiger partial charge is 0.459 e. The molecule has 1 unspecified atom stereocenters. The van der Waals surface area contributed by atoms with Crippen LogP contribution in [-0.4, -0.2) is 53.1 Å². The average molecular weight is 437 g/mol. The number of carbonyl (C=O) groups excluding carboxylic acids is 3. The first-order valence-electron chi connectivity index (χ1n) is 9.72. The van der Waals surface area contributed by atoms with Crippen molar-refractivity contribution < 1.29 is 29.1 Å². The Morgan fingerprint density at radius 3 is 1.97 bits per heavy atom. The molecule has 166 valence electrons. The number of hydroxylamine groups is 1. The van der Waals surface area contributed by atoms with Gasteiger partial charge in [-0.2, -0.15) is 0 Å². The van der Waals surface area contributed by atoms with E-state index < -0.39 is 23.8 Å². The molecule has 1 aromatic heterocycles. The number of hydrogen-bond donors (Lipinski definition) is 4. The van der Waals surface area contributed by atoms with E-state index >= 15 is 0 Å². The zero-order valence-electron chi connectivity index (χ0n) is 17.5. The smallest absolute Gasteiger partial charge is 0.275 e. The Morgan fingerprint density at radius 2 is 1.47 bits per heavy atom. The molecule has 3 amide bonds. The summed E-state index contributed by atoms with van der Waals surface area (Å²) >= 11 is 0. The minimum absolute atomic E-state index is 0.160. The molecule has 32 heavy (non-hydrogen) atoms. The minimum Gasteiger partial charge on any atom is -0.459 e. The van der Waals surface area contributed by atoms with Gasteiger partial charge in [0.2, 0.25) is 0 Å². The van der Waals surface area contributed by atoms with Crippen LogP contribution in [0.1, 0.15) is 16.1 Å². The highest BCUT2D eigenvalue weighted by atomic mass is 16.5. The molecule has 1 heterocycles. The van der Waals surface area contributed by atoms with Crippen molar-refractivity contribution in [2.75, 3.05) is 14.1 Å². The molecule has 0 spiro atoms. The summed E-state index contributed by atoms with van der Waals surface area (Å²) in [4.78, 5) is 37.5. The standard InChI is InChI=1S/C23H23N3O6/c1-24-21(28)20(22(29)25-31)26(2)23(30)17-9-5-15(6-10-17)14-3-7-16(8-4-14)19-12-11-18(13-27)32-19/h3-12,20,27,31H,13H2,1-2H3,(H,24,28)(H,25,29). The van der Waals surface area contributed by atoms with Crippen molar-refractivity contribution in [2.45, 2.75) is 12.6 Å². The maximum Gasteiger partial charge on any atom is 0.275 e. The number of furan rings is 1. The van der Waals surface area contributed by atoms with Gasteiger partial charge in [-0.15, -0.1) is 0 Å². The van der Waals surface area contributed by atoms with Gasteiger partial charge in [-0.1, -0.05) is 36.4 Å². The Morgan fingerprint density at radius 1 is 0.906 bits per heavy atom. The molecule has 9 nitrogen and oxygen atoms in total. The lowest BCUT2D eigenvalue weighted by molar-refractivity contribution is -0.140. The molecule has 1 atom stereocenters. The molecule has 9 heteroatoms. The van der Waals surface area contributed by atoms with Gasteiger partial charge in [0.25, 0.3) is 17.7 Å². The third kappa shape index (κ3) is 4.69. The lowest BCUT2D eigenvalue weighted by Gasteiger charge is -2.25. The summed E-state index contributed by atoms with van der Waals surface area (Å²) in [5.41, 5.74) is 4.33. The molecule has 0 saturated carbocycles. The molecular formula is C23H23N3O6. The van der Waals surface area contributed by atoms with E-state index in [0.29, 0.717) is 11.5 Å². The van der Waals surface area contributed by atoms with Crippen LogP contribution >= 0.6 is 0 Å². The van der Waals surface area contributed by atoms with Gasteiger partial charge in [0, 0.05) is 25.2 Å². The number of carbonyl (C=O) groups is 3. The Hall–Kier alpha value is -3.95. The van der Waals surface area contributed by atoms with Crippen molar-refractivity contribution in [1.29, 1.82) is 0 Å². The molecule has 0 aliphatic rings. The van der Waals surface area contributed by atoms with Crippen LogP contribution in [0.2, 0.25) is 0 Å². The van der Waals surface area contributed by atoms with Crippen LogP contribution in [0.4, 0.5) is 0 Å². The van der Waals surface area contributed by atoms with Crippen molar-refractivity contribution in [3.63, 3.8) is 0 Å². The normalized spacial score (nSPS) is 11.5. The average Bonchev–Trinajstić information content (AvgIpc) is 3.33. The highest BCUT2D eigenvalue weighted by Crippen LogP contribution is 2.26. The van der Waals surface area contributed by atoms with E-state index in [1.807, 2.05) is 24.3 Å². The lowest BCUT2D eigenvalue weighted by Crippen LogP contribution is -2.54. The SMILES string of the molecule is CNC(=O)C(C(=O)NO)N(C)C(=O)c1ccc(-c2ccc(-c3ccc(CO)o3)cc2)cc1. The third-order valence-electron chi connectivity index (χ3n) is 5.01. The van der Waals surface area contributed by atoms with E-state index in [1.54, 1.807) is 36.4 Å². The monoisotopic (exact) mass is 437 g/mol. The number of aliphatic hydroxyl groups is 1. The number of amides is 3. The fourth-order valence-electron chi connectivity index (χ4n) is 3.24. The van der Waals surface area contributed by atoms with Gasteiger partial charge in [0.15, 0.2) is 6.04 Å². The first-order chi connectivity index (χ1) is 15.4. The molecule has 4 N–H and O–H groups in total. The number of likely N-dealkylation sites (N-methyl/N-ethyl adjacent to an activating group) is 2. The zero-order chi connectivity index (χ0) is 23.3. The highest BCUT2D eigenvalue weighted by molar-refractivity contribution is 6.08. The first-order valence-corrected chi connectivity index (χ1v) is 9.72. The third-order valence-corrected chi connectivity index (χ3v) is 5.01. The second-order valence-corrected chi connectivity index (χ2v) is 6.99. The second-order valence-electron chi connectivity index (χ2n) is 6.99. The van der Waals surface area contributed by atoms with Crippen LogP contribution < -0.4 is 10.8 Å². The molecule has 0 aliphatic carbocycles. The Labute approximate surface area is 184 Å². The summed E-state index contributed by atoms with van der Waals surface area (Å²) in [6, 6.07) is 16.3. The van der Waals surface area contributed by atoms with Crippen molar-refractivity contribution in [2.24, 2.45) is 0 Å². The topological polar surface area (TPSA) is 132 Å². The van der Waals surface area contributed by atoms with Gasteiger partial charge < -0.3 is 19.7 Å². The first kappa shape index (κ1) is 22.7.